The number of rotatable bonds is 8. The fourth-order valence-corrected chi connectivity index (χ4v) is 3.27. The summed E-state index contributed by atoms with van der Waals surface area (Å²) in [6, 6.07) is 17.0. The maximum absolute atomic E-state index is 12.8. The highest BCUT2D eigenvalue weighted by Crippen LogP contribution is 2.28. The number of nitrogens with zero attached hydrogens (tertiary/aromatic N) is 1. The Labute approximate surface area is 156 Å². The summed E-state index contributed by atoms with van der Waals surface area (Å²) < 4.78 is 5.80. The lowest BCUT2D eigenvalue weighted by molar-refractivity contribution is 0.104. The van der Waals surface area contributed by atoms with Crippen LogP contribution in [0.4, 0.5) is 10.9 Å². The number of aromatic nitrogens is 1. The number of hydrogen-bond donors (Lipinski definition) is 2. The van der Waals surface area contributed by atoms with Crippen molar-refractivity contribution in [1.82, 2.24) is 4.98 Å². The van der Waals surface area contributed by atoms with Gasteiger partial charge in [0.25, 0.3) is 0 Å². The Kier molecular flexibility index (Phi) is 5.86. The van der Waals surface area contributed by atoms with E-state index < -0.39 is 0 Å². The highest BCUT2D eigenvalue weighted by molar-refractivity contribution is 7.18. The molecule has 0 aliphatic heterocycles. The van der Waals surface area contributed by atoms with Crippen molar-refractivity contribution in [1.29, 1.82) is 0 Å². The van der Waals surface area contributed by atoms with Crippen LogP contribution in [0, 0.1) is 0 Å². The van der Waals surface area contributed by atoms with Gasteiger partial charge in [0.15, 0.2) is 5.13 Å². The van der Waals surface area contributed by atoms with Gasteiger partial charge in [-0.2, -0.15) is 0 Å². The molecule has 1 aromatic heterocycles. The quantitative estimate of drug-likeness (QED) is 0.579. The summed E-state index contributed by atoms with van der Waals surface area (Å²) in [6.45, 7) is 3.31. The van der Waals surface area contributed by atoms with Crippen LogP contribution >= 0.6 is 11.3 Å². The number of nitrogens with one attached hydrogen (secondary N) is 1. The molecule has 2 aromatic carbocycles. The summed E-state index contributed by atoms with van der Waals surface area (Å²) in [5.74, 6) is 0.760. The molecule has 0 amide bonds. The number of benzene rings is 2. The Morgan fingerprint density at radius 3 is 2.77 bits per heavy atom. The van der Waals surface area contributed by atoms with Gasteiger partial charge in [-0.15, -0.1) is 0 Å². The first-order valence-electron chi connectivity index (χ1n) is 8.49. The van der Waals surface area contributed by atoms with E-state index in [1.807, 2.05) is 36.4 Å². The predicted octanol–water partition coefficient (Wildman–Crippen LogP) is 4.36. The van der Waals surface area contributed by atoms with Gasteiger partial charge in [0.1, 0.15) is 23.1 Å². The van der Waals surface area contributed by atoms with Gasteiger partial charge in [-0.25, -0.2) is 4.98 Å². The number of nitrogen functional groups attached to an aromatic ring is 1. The molecule has 26 heavy (non-hydrogen) atoms. The van der Waals surface area contributed by atoms with Crippen LogP contribution in [0.1, 0.15) is 34.1 Å². The summed E-state index contributed by atoms with van der Waals surface area (Å²) in [5, 5.41) is 3.83. The van der Waals surface area contributed by atoms with Gasteiger partial charge in [-0.3, -0.25) is 4.79 Å². The third-order valence-corrected chi connectivity index (χ3v) is 4.76. The average molecular weight is 367 g/mol. The van der Waals surface area contributed by atoms with Crippen LogP contribution in [0.5, 0.6) is 5.75 Å². The van der Waals surface area contributed by atoms with Gasteiger partial charge in [-0.1, -0.05) is 60.7 Å². The average Bonchev–Trinajstić information content (AvgIpc) is 3.05. The van der Waals surface area contributed by atoms with Gasteiger partial charge < -0.3 is 15.8 Å². The first-order chi connectivity index (χ1) is 12.7. The van der Waals surface area contributed by atoms with E-state index in [1.165, 1.54) is 11.3 Å². The van der Waals surface area contributed by atoms with Gasteiger partial charge in [-0.05, 0) is 24.1 Å². The van der Waals surface area contributed by atoms with E-state index in [2.05, 4.69) is 17.2 Å². The van der Waals surface area contributed by atoms with E-state index in [-0.39, 0.29) is 11.6 Å². The molecule has 0 aliphatic rings. The molecule has 3 aromatic rings. The zero-order valence-electron chi connectivity index (χ0n) is 14.6. The van der Waals surface area contributed by atoms with Crippen LogP contribution < -0.4 is 15.8 Å². The van der Waals surface area contributed by atoms with Crippen molar-refractivity contribution in [3.05, 3.63) is 70.6 Å². The number of thiazole rings is 1. The van der Waals surface area contributed by atoms with Crippen molar-refractivity contribution in [3.63, 3.8) is 0 Å². The number of nitrogens with two attached hydrogens (primary N) is 1. The molecule has 3 rings (SSSR count). The van der Waals surface area contributed by atoms with E-state index in [9.17, 15) is 4.79 Å². The first-order valence-corrected chi connectivity index (χ1v) is 9.30. The van der Waals surface area contributed by atoms with Crippen molar-refractivity contribution in [2.75, 3.05) is 17.6 Å². The van der Waals surface area contributed by atoms with Crippen molar-refractivity contribution in [2.24, 2.45) is 0 Å². The molecule has 5 nitrogen and oxygen atoms in total. The summed E-state index contributed by atoms with van der Waals surface area (Å²) in [5.41, 5.74) is 7.54. The second-order valence-corrected chi connectivity index (χ2v) is 6.79. The molecule has 0 saturated heterocycles. The second kappa shape index (κ2) is 8.49. The number of ketones is 1. The van der Waals surface area contributed by atoms with Crippen LogP contribution in [0.25, 0.3) is 0 Å². The van der Waals surface area contributed by atoms with Crippen LogP contribution in [-0.4, -0.2) is 17.3 Å². The summed E-state index contributed by atoms with van der Waals surface area (Å²) >= 11 is 1.28. The third kappa shape index (κ3) is 4.40. The second-order valence-electron chi connectivity index (χ2n) is 5.79. The number of carbonyl (C=O) groups is 1. The highest BCUT2D eigenvalue weighted by atomic mass is 32.1. The maximum Gasteiger partial charge on any atom is 0.206 e. The SMILES string of the molecule is CCCNc1nc(N)c(C(=O)c2cccc(OCc3ccccc3)c2)s1. The molecule has 6 heteroatoms. The molecule has 3 N–H and O–H groups in total. The maximum atomic E-state index is 12.8. The van der Waals surface area contributed by atoms with Gasteiger partial charge in [0.2, 0.25) is 5.78 Å². The largest absolute Gasteiger partial charge is 0.489 e. The minimum atomic E-state index is -0.144. The molecule has 1 heterocycles. The molecule has 0 aliphatic carbocycles. The van der Waals surface area contributed by atoms with E-state index in [4.69, 9.17) is 10.5 Å². The number of hydrogen-bond acceptors (Lipinski definition) is 6. The van der Waals surface area contributed by atoms with Gasteiger partial charge in [0, 0.05) is 12.1 Å². The smallest absolute Gasteiger partial charge is 0.206 e. The molecular formula is C20H21N3O2S. The van der Waals surface area contributed by atoms with Crippen LogP contribution in [0.15, 0.2) is 54.6 Å². The minimum absolute atomic E-state index is 0.144. The van der Waals surface area contributed by atoms with Crippen LogP contribution in [0.2, 0.25) is 0 Å². The fourth-order valence-electron chi connectivity index (χ4n) is 2.40. The monoisotopic (exact) mass is 367 g/mol. The number of carbonyl (C=O) groups excluding carboxylic acids is 1. The number of anilines is 2. The highest BCUT2D eigenvalue weighted by Gasteiger charge is 2.18. The van der Waals surface area contributed by atoms with Crippen LogP contribution in [-0.2, 0) is 6.61 Å². The summed E-state index contributed by atoms with van der Waals surface area (Å²) in [6.07, 6.45) is 0.976. The molecule has 0 unspecified atom stereocenters. The van der Waals surface area contributed by atoms with Gasteiger partial charge in [0.05, 0.1) is 0 Å². The third-order valence-electron chi connectivity index (χ3n) is 3.73. The topological polar surface area (TPSA) is 77.2 Å². The molecule has 0 bridgehead atoms. The Bertz CT molecular complexity index is 878. The summed E-state index contributed by atoms with van der Waals surface area (Å²) in [7, 11) is 0. The molecule has 0 atom stereocenters. The van der Waals surface area contributed by atoms with E-state index in [0.717, 1.165) is 18.5 Å². The van der Waals surface area contributed by atoms with E-state index in [0.29, 0.717) is 27.9 Å². The standard InChI is InChI=1S/C20H21N3O2S/c1-2-11-22-20-23-19(21)18(26-20)17(24)15-9-6-10-16(12-15)25-13-14-7-4-3-5-8-14/h3-10,12H,2,11,13,21H2,1H3,(H,22,23). The molecule has 0 radical (unpaired) electrons. The minimum Gasteiger partial charge on any atom is -0.489 e. The van der Waals surface area contributed by atoms with Crippen LogP contribution in [0.3, 0.4) is 0 Å². The lowest BCUT2D eigenvalue weighted by atomic mass is 10.1. The molecule has 0 fully saturated rings. The normalized spacial score (nSPS) is 10.5. The van der Waals surface area contributed by atoms with Gasteiger partial charge >= 0.3 is 0 Å². The zero-order valence-corrected chi connectivity index (χ0v) is 15.4. The molecular weight excluding hydrogens is 346 g/mol. The molecule has 134 valence electrons. The Balaban J connectivity index is 1.73. The predicted molar refractivity (Wildman–Crippen MR) is 106 cm³/mol. The van der Waals surface area contributed by atoms with Crippen molar-refractivity contribution in [3.8, 4) is 5.75 Å². The number of ether oxygens (including phenoxy) is 1. The molecule has 0 saturated carbocycles. The zero-order chi connectivity index (χ0) is 18.4. The molecule has 0 spiro atoms. The lowest BCUT2D eigenvalue weighted by Crippen LogP contribution is -2.03. The van der Waals surface area contributed by atoms with Crippen molar-refractivity contribution >= 4 is 28.1 Å². The van der Waals surface area contributed by atoms with E-state index >= 15 is 0 Å². The lowest BCUT2D eigenvalue weighted by Gasteiger charge is -2.07. The Morgan fingerprint density at radius 1 is 1.19 bits per heavy atom. The van der Waals surface area contributed by atoms with Crippen molar-refractivity contribution < 1.29 is 9.53 Å². The fraction of sp³-hybridized carbons (Fsp3) is 0.200. The first kappa shape index (κ1) is 17.9. The van der Waals surface area contributed by atoms with Crippen molar-refractivity contribution in [2.45, 2.75) is 20.0 Å². The Hall–Kier alpha value is -2.86. The Morgan fingerprint density at radius 2 is 2.00 bits per heavy atom. The summed E-state index contributed by atoms with van der Waals surface area (Å²) in [4.78, 5) is 17.5. The van der Waals surface area contributed by atoms with E-state index in [1.54, 1.807) is 18.2 Å².